The summed E-state index contributed by atoms with van der Waals surface area (Å²) in [5, 5.41) is 11.6. The first-order valence-electron chi connectivity index (χ1n) is 5.81. The number of carboxylic acids is 1. The smallest absolute Gasteiger partial charge is 0.328 e. The van der Waals surface area contributed by atoms with Gasteiger partial charge in [0, 0.05) is 17.2 Å². The number of hydrogen-bond acceptors (Lipinski definition) is 2. The fourth-order valence-corrected chi connectivity index (χ4v) is 1.31. The number of rotatable bonds is 4. The Labute approximate surface area is 103 Å². The highest BCUT2D eigenvalue weighted by Gasteiger charge is 2.24. The van der Waals surface area contributed by atoms with Crippen LogP contribution in [0.1, 0.15) is 41.5 Å². The highest BCUT2D eigenvalue weighted by Crippen LogP contribution is 2.20. The molecule has 0 aromatic carbocycles. The summed E-state index contributed by atoms with van der Waals surface area (Å²) in [6, 6.07) is 0. The Bertz CT molecular complexity index is 324. The summed E-state index contributed by atoms with van der Waals surface area (Å²) in [6.07, 6.45) is 1.01. The Morgan fingerprint density at radius 1 is 1.18 bits per heavy atom. The molecule has 2 N–H and O–H groups in total. The van der Waals surface area contributed by atoms with Gasteiger partial charge in [-0.05, 0) is 32.6 Å². The molecule has 0 saturated heterocycles. The summed E-state index contributed by atoms with van der Waals surface area (Å²) in [7, 11) is 0. The second-order valence-electron chi connectivity index (χ2n) is 5.67. The molecular formula is C13H23NO3. The maximum Gasteiger partial charge on any atom is 0.328 e. The molecule has 0 aromatic rings. The van der Waals surface area contributed by atoms with Crippen molar-refractivity contribution in [3.8, 4) is 0 Å². The molecule has 1 unspecified atom stereocenters. The standard InChI is InChI=1S/C13H23NO3/c1-8(2)9(3)10(7-11(15)16)12(17)14-13(4,5)6/h7-9H,1-6H3,(H,14,17)(H,15,16)/b10-7+. The zero-order valence-corrected chi connectivity index (χ0v) is 11.5. The van der Waals surface area contributed by atoms with E-state index in [-0.39, 0.29) is 23.3 Å². The Morgan fingerprint density at radius 2 is 1.65 bits per heavy atom. The van der Waals surface area contributed by atoms with Gasteiger partial charge in [0.2, 0.25) is 5.91 Å². The van der Waals surface area contributed by atoms with Crippen LogP contribution in [0.2, 0.25) is 0 Å². The van der Waals surface area contributed by atoms with Crippen LogP contribution in [0.4, 0.5) is 0 Å². The molecule has 1 amide bonds. The molecule has 4 heteroatoms. The van der Waals surface area contributed by atoms with Gasteiger partial charge in [-0.2, -0.15) is 0 Å². The highest BCUT2D eigenvalue weighted by atomic mass is 16.4. The minimum absolute atomic E-state index is 0.0894. The number of carbonyl (C=O) groups excluding carboxylic acids is 1. The lowest BCUT2D eigenvalue weighted by Gasteiger charge is -2.25. The Kier molecular flexibility index (Phi) is 5.39. The summed E-state index contributed by atoms with van der Waals surface area (Å²) in [5.41, 5.74) is -0.0480. The summed E-state index contributed by atoms with van der Waals surface area (Å²) in [5.74, 6) is -1.27. The lowest BCUT2D eigenvalue weighted by molar-refractivity contribution is -0.132. The summed E-state index contributed by atoms with van der Waals surface area (Å²) >= 11 is 0. The molecule has 0 bridgehead atoms. The lowest BCUT2D eigenvalue weighted by atomic mass is 9.88. The Morgan fingerprint density at radius 3 is 1.94 bits per heavy atom. The molecule has 0 spiro atoms. The van der Waals surface area contributed by atoms with Crippen LogP contribution in [0.25, 0.3) is 0 Å². The van der Waals surface area contributed by atoms with Crippen LogP contribution in [-0.4, -0.2) is 22.5 Å². The average molecular weight is 241 g/mol. The van der Waals surface area contributed by atoms with Gasteiger partial charge in [0.1, 0.15) is 0 Å². The van der Waals surface area contributed by atoms with E-state index in [1.165, 1.54) is 0 Å². The van der Waals surface area contributed by atoms with E-state index in [9.17, 15) is 9.59 Å². The quantitative estimate of drug-likeness (QED) is 0.741. The molecule has 0 saturated carbocycles. The predicted octanol–water partition coefficient (Wildman–Crippen LogP) is 2.20. The predicted molar refractivity (Wildman–Crippen MR) is 67.6 cm³/mol. The zero-order valence-electron chi connectivity index (χ0n) is 11.5. The van der Waals surface area contributed by atoms with Crippen LogP contribution >= 0.6 is 0 Å². The van der Waals surface area contributed by atoms with E-state index >= 15 is 0 Å². The fraction of sp³-hybridized carbons (Fsp3) is 0.692. The van der Waals surface area contributed by atoms with Crippen LogP contribution in [0.5, 0.6) is 0 Å². The van der Waals surface area contributed by atoms with Gasteiger partial charge in [-0.25, -0.2) is 4.79 Å². The molecule has 0 aliphatic carbocycles. The minimum atomic E-state index is -1.09. The van der Waals surface area contributed by atoms with E-state index < -0.39 is 5.97 Å². The van der Waals surface area contributed by atoms with Gasteiger partial charge in [0.15, 0.2) is 0 Å². The number of carbonyl (C=O) groups is 2. The molecule has 4 nitrogen and oxygen atoms in total. The van der Waals surface area contributed by atoms with E-state index in [4.69, 9.17) is 5.11 Å². The first-order chi connectivity index (χ1) is 7.54. The monoisotopic (exact) mass is 241 g/mol. The van der Waals surface area contributed by atoms with E-state index in [0.717, 1.165) is 6.08 Å². The van der Waals surface area contributed by atoms with Crippen LogP contribution in [0.3, 0.4) is 0 Å². The lowest BCUT2D eigenvalue weighted by Crippen LogP contribution is -2.42. The normalized spacial score (nSPS) is 14.6. The molecule has 0 heterocycles. The largest absolute Gasteiger partial charge is 0.478 e. The average Bonchev–Trinajstić information content (AvgIpc) is 2.09. The molecule has 0 aromatic heterocycles. The number of aliphatic carboxylic acids is 1. The van der Waals surface area contributed by atoms with Crippen LogP contribution < -0.4 is 5.32 Å². The fourth-order valence-electron chi connectivity index (χ4n) is 1.31. The third-order valence-corrected chi connectivity index (χ3v) is 2.52. The molecular weight excluding hydrogens is 218 g/mol. The molecule has 1 atom stereocenters. The summed E-state index contributed by atoms with van der Waals surface area (Å²) < 4.78 is 0. The highest BCUT2D eigenvalue weighted by molar-refractivity contribution is 5.99. The van der Waals surface area contributed by atoms with Gasteiger partial charge in [-0.1, -0.05) is 20.8 Å². The van der Waals surface area contributed by atoms with Gasteiger partial charge < -0.3 is 10.4 Å². The van der Waals surface area contributed by atoms with Gasteiger partial charge in [-0.15, -0.1) is 0 Å². The molecule has 0 aliphatic rings. The van der Waals surface area contributed by atoms with Crippen LogP contribution in [-0.2, 0) is 9.59 Å². The van der Waals surface area contributed by atoms with E-state index in [1.54, 1.807) is 0 Å². The van der Waals surface area contributed by atoms with Crippen molar-refractivity contribution in [3.05, 3.63) is 11.6 Å². The van der Waals surface area contributed by atoms with Gasteiger partial charge in [0.05, 0.1) is 0 Å². The number of hydrogen-bond donors (Lipinski definition) is 2. The van der Waals surface area contributed by atoms with Crippen molar-refractivity contribution >= 4 is 11.9 Å². The molecule has 0 aliphatic heterocycles. The first-order valence-corrected chi connectivity index (χ1v) is 5.81. The summed E-state index contributed by atoms with van der Waals surface area (Å²) in [4.78, 5) is 22.7. The second kappa shape index (κ2) is 5.84. The molecule has 0 fully saturated rings. The third kappa shape index (κ3) is 6.09. The van der Waals surface area contributed by atoms with Crippen molar-refractivity contribution in [2.45, 2.75) is 47.1 Å². The van der Waals surface area contributed by atoms with Crippen molar-refractivity contribution in [1.29, 1.82) is 0 Å². The zero-order chi connectivity index (χ0) is 13.8. The van der Waals surface area contributed by atoms with Crippen LogP contribution in [0.15, 0.2) is 11.6 Å². The topological polar surface area (TPSA) is 66.4 Å². The number of nitrogens with one attached hydrogen (secondary N) is 1. The molecule has 98 valence electrons. The first kappa shape index (κ1) is 15.7. The van der Waals surface area contributed by atoms with Crippen molar-refractivity contribution < 1.29 is 14.7 Å². The SMILES string of the molecule is CC(C)C(C)/C(=C\C(=O)O)C(=O)NC(C)(C)C. The third-order valence-electron chi connectivity index (χ3n) is 2.52. The molecule has 17 heavy (non-hydrogen) atoms. The second-order valence-corrected chi connectivity index (χ2v) is 5.67. The molecule has 0 rings (SSSR count). The minimum Gasteiger partial charge on any atom is -0.478 e. The van der Waals surface area contributed by atoms with Crippen molar-refractivity contribution in [2.24, 2.45) is 11.8 Å². The van der Waals surface area contributed by atoms with Gasteiger partial charge >= 0.3 is 5.97 Å². The van der Waals surface area contributed by atoms with Crippen LogP contribution in [0, 0.1) is 11.8 Å². The van der Waals surface area contributed by atoms with E-state index in [1.807, 2.05) is 41.5 Å². The Hall–Kier alpha value is -1.32. The summed E-state index contributed by atoms with van der Waals surface area (Å²) in [6.45, 7) is 11.4. The number of carboxylic acid groups (broad SMARTS) is 1. The van der Waals surface area contributed by atoms with E-state index in [0.29, 0.717) is 5.57 Å². The maximum absolute atomic E-state index is 12.0. The maximum atomic E-state index is 12.0. The van der Waals surface area contributed by atoms with Crippen molar-refractivity contribution in [2.75, 3.05) is 0 Å². The van der Waals surface area contributed by atoms with Gasteiger partial charge in [0.25, 0.3) is 0 Å². The Balaban J connectivity index is 5.08. The molecule has 0 radical (unpaired) electrons. The van der Waals surface area contributed by atoms with E-state index in [2.05, 4.69) is 5.32 Å². The van der Waals surface area contributed by atoms with Crippen molar-refractivity contribution in [1.82, 2.24) is 5.32 Å². The van der Waals surface area contributed by atoms with Crippen molar-refractivity contribution in [3.63, 3.8) is 0 Å². The number of amides is 1. The van der Waals surface area contributed by atoms with Gasteiger partial charge in [-0.3, -0.25) is 4.79 Å².